The number of rotatable bonds is 2. The quantitative estimate of drug-likeness (QED) is 0.896. The predicted octanol–water partition coefficient (Wildman–Crippen LogP) is 1.34. The summed E-state index contributed by atoms with van der Waals surface area (Å²) in [6.45, 7) is 1.62. The summed E-state index contributed by atoms with van der Waals surface area (Å²) in [6, 6.07) is 2.44. The van der Waals surface area contributed by atoms with Crippen LogP contribution in [0, 0.1) is 23.5 Å². The van der Waals surface area contributed by atoms with Crippen LogP contribution < -0.4 is 5.32 Å². The molecule has 3 fully saturated rings. The van der Waals surface area contributed by atoms with Crippen molar-refractivity contribution < 1.29 is 17.2 Å². The Morgan fingerprint density at radius 2 is 1.71 bits per heavy atom. The summed E-state index contributed by atoms with van der Waals surface area (Å²) in [5.74, 6) is -1.01. The first-order valence-electron chi connectivity index (χ1n) is 7.19. The first-order chi connectivity index (χ1) is 10.00. The number of benzene rings is 1. The molecule has 2 bridgehead atoms. The maximum atomic E-state index is 13.9. The molecule has 0 aromatic heterocycles. The molecule has 3 saturated heterocycles. The van der Waals surface area contributed by atoms with E-state index < -0.39 is 26.6 Å². The second kappa shape index (κ2) is 4.47. The zero-order valence-corrected chi connectivity index (χ0v) is 12.1. The number of nitrogens with one attached hydrogen (secondary N) is 1. The summed E-state index contributed by atoms with van der Waals surface area (Å²) in [6.07, 6.45) is 1.62. The normalized spacial score (nSPS) is 35.3. The lowest BCUT2D eigenvalue weighted by molar-refractivity contribution is 0.354. The van der Waals surface area contributed by atoms with Crippen LogP contribution in [0.4, 0.5) is 8.78 Å². The van der Waals surface area contributed by atoms with Gasteiger partial charge in [-0.05, 0) is 56.0 Å². The highest BCUT2D eigenvalue weighted by Crippen LogP contribution is 2.49. The van der Waals surface area contributed by atoms with Gasteiger partial charge >= 0.3 is 0 Å². The zero-order chi connectivity index (χ0) is 14.8. The fourth-order valence-electron chi connectivity index (χ4n) is 4.35. The topological polar surface area (TPSA) is 49.4 Å². The van der Waals surface area contributed by atoms with E-state index in [1.54, 1.807) is 0 Å². The molecule has 0 saturated carbocycles. The Hall–Kier alpha value is -1.05. The van der Waals surface area contributed by atoms with E-state index in [9.17, 15) is 17.2 Å². The second-order valence-corrected chi connectivity index (χ2v) is 7.92. The lowest BCUT2D eigenvalue weighted by atomic mass is 9.82. The van der Waals surface area contributed by atoms with Crippen LogP contribution in [0.5, 0.6) is 0 Å². The number of sulfonamides is 1. The van der Waals surface area contributed by atoms with Gasteiger partial charge in [0.1, 0.15) is 16.5 Å². The van der Waals surface area contributed by atoms with E-state index in [0.717, 1.165) is 44.1 Å². The second-order valence-electron chi connectivity index (χ2n) is 6.11. The molecule has 4 atom stereocenters. The Kier molecular flexibility index (Phi) is 2.90. The van der Waals surface area contributed by atoms with Gasteiger partial charge in [-0.15, -0.1) is 0 Å². The van der Waals surface area contributed by atoms with Crippen molar-refractivity contribution >= 4 is 10.0 Å². The van der Waals surface area contributed by atoms with Gasteiger partial charge in [0.15, 0.2) is 0 Å². The SMILES string of the molecule is O=S(=O)(c1cc(F)ccc1F)N1[C@@H]2CC[C@H]1[C@H]1CNC[C@H]12. The molecular weight excluding hydrogens is 298 g/mol. The predicted molar refractivity (Wildman–Crippen MR) is 72.0 cm³/mol. The highest BCUT2D eigenvalue weighted by Gasteiger charge is 2.59. The van der Waals surface area contributed by atoms with Gasteiger partial charge in [0.05, 0.1) is 0 Å². The minimum absolute atomic E-state index is 0.0809. The largest absolute Gasteiger partial charge is 0.316 e. The third kappa shape index (κ3) is 1.80. The zero-order valence-electron chi connectivity index (χ0n) is 11.3. The maximum Gasteiger partial charge on any atom is 0.246 e. The molecule has 1 aromatic rings. The number of hydrogen-bond acceptors (Lipinski definition) is 3. The Morgan fingerprint density at radius 3 is 2.33 bits per heavy atom. The highest BCUT2D eigenvalue weighted by molar-refractivity contribution is 7.89. The first-order valence-corrected chi connectivity index (χ1v) is 8.63. The Morgan fingerprint density at radius 1 is 1.10 bits per heavy atom. The van der Waals surface area contributed by atoms with Gasteiger partial charge in [0.25, 0.3) is 0 Å². The lowest BCUT2D eigenvalue weighted by Crippen LogP contribution is -2.39. The van der Waals surface area contributed by atoms with Crippen LogP contribution in [0.3, 0.4) is 0 Å². The van der Waals surface area contributed by atoms with Gasteiger partial charge in [0.2, 0.25) is 10.0 Å². The van der Waals surface area contributed by atoms with E-state index >= 15 is 0 Å². The third-order valence-electron chi connectivity index (χ3n) is 5.16. The summed E-state index contributed by atoms with van der Waals surface area (Å²) in [7, 11) is -3.98. The van der Waals surface area contributed by atoms with E-state index in [1.807, 2.05) is 0 Å². The smallest absolute Gasteiger partial charge is 0.246 e. The van der Waals surface area contributed by atoms with Gasteiger partial charge < -0.3 is 5.32 Å². The molecule has 0 aliphatic carbocycles. The fourth-order valence-corrected chi connectivity index (χ4v) is 6.39. The van der Waals surface area contributed by atoms with Gasteiger partial charge in [-0.2, -0.15) is 4.31 Å². The van der Waals surface area contributed by atoms with E-state index in [1.165, 1.54) is 4.31 Å². The molecule has 4 nitrogen and oxygen atoms in total. The molecule has 0 radical (unpaired) electrons. The summed E-state index contributed by atoms with van der Waals surface area (Å²) in [5, 5.41) is 3.30. The molecule has 3 aliphatic rings. The minimum Gasteiger partial charge on any atom is -0.316 e. The molecule has 0 unspecified atom stereocenters. The lowest BCUT2D eigenvalue weighted by Gasteiger charge is -2.24. The molecular formula is C14H16F2N2O2S. The number of halogens is 2. The van der Waals surface area contributed by atoms with Crippen molar-refractivity contribution in [3.8, 4) is 0 Å². The van der Waals surface area contributed by atoms with Crippen LogP contribution in [0.15, 0.2) is 23.1 Å². The van der Waals surface area contributed by atoms with E-state index in [0.29, 0.717) is 11.8 Å². The fraction of sp³-hybridized carbons (Fsp3) is 0.571. The van der Waals surface area contributed by atoms with Crippen molar-refractivity contribution in [3.63, 3.8) is 0 Å². The van der Waals surface area contributed by atoms with Gasteiger partial charge in [0, 0.05) is 12.1 Å². The van der Waals surface area contributed by atoms with Crippen LogP contribution >= 0.6 is 0 Å². The van der Waals surface area contributed by atoms with Crippen molar-refractivity contribution in [1.82, 2.24) is 9.62 Å². The summed E-state index contributed by atoms with van der Waals surface area (Å²) < 4.78 is 54.3. The monoisotopic (exact) mass is 314 g/mol. The molecule has 0 amide bonds. The molecule has 4 rings (SSSR count). The van der Waals surface area contributed by atoms with Crippen molar-refractivity contribution in [2.45, 2.75) is 29.8 Å². The Balaban J connectivity index is 1.78. The van der Waals surface area contributed by atoms with Crippen molar-refractivity contribution in [1.29, 1.82) is 0 Å². The number of hydrogen-bond donors (Lipinski definition) is 1. The summed E-state index contributed by atoms with van der Waals surface area (Å²) in [5.41, 5.74) is 0. The van der Waals surface area contributed by atoms with Crippen molar-refractivity contribution in [2.75, 3.05) is 13.1 Å². The third-order valence-corrected chi connectivity index (χ3v) is 7.12. The summed E-state index contributed by atoms with van der Waals surface area (Å²) >= 11 is 0. The molecule has 114 valence electrons. The molecule has 3 heterocycles. The van der Waals surface area contributed by atoms with Gasteiger partial charge in [-0.3, -0.25) is 0 Å². The Labute approximate surface area is 122 Å². The molecule has 1 N–H and O–H groups in total. The van der Waals surface area contributed by atoms with Crippen LogP contribution in [0.25, 0.3) is 0 Å². The van der Waals surface area contributed by atoms with Crippen LogP contribution in [0.2, 0.25) is 0 Å². The molecule has 7 heteroatoms. The minimum atomic E-state index is -3.98. The average Bonchev–Trinajstić information content (AvgIpc) is 3.11. The molecule has 21 heavy (non-hydrogen) atoms. The number of nitrogens with zero attached hydrogens (tertiary/aromatic N) is 1. The molecule has 1 aromatic carbocycles. The molecule has 3 aliphatic heterocycles. The number of fused-ring (bicyclic) bond motifs is 5. The highest BCUT2D eigenvalue weighted by atomic mass is 32.2. The van der Waals surface area contributed by atoms with Crippen LogP contribution in [-0.2, 0) is 10.0 Å². The average molecular weight is 314 g/mol. The molecule has 0 spiro atoms. The van der Waals surface area contributed by atoms with Gasteiger partial charge in [-0.1, -0.05) is 0 Å². The van der Waals surface area contributed by atoms with E-state index in [4.69, 9.17) is 0 Å². The van der Waals surface area contributed by atoms with Crippen LogP contribution in [-0.4, -0.2) is 37.9 Å². The van der Waals surface area contributed by atoms with Crippen molar-refractivity contribution in [3.05, 3.63) is 29.8 Å². The maximum absolute atomic E-state index is 13.9. The van der Waals surface area contributed by atoms with Gasteiger partial charge in [-0.25, -0.2) is 17.2 Å². The van der Waals surface area contributed by atoms with E-state index in [2.05, 4.69) is 5.32 Å². The standard InChI is InChI=1S/C14H16F2N2O2S/c15-8-1-2-11(16)14(5-8)21(19,20)18-12-3-4-13(18)10-7-17-6-9(10)12/h1-2,5,9-10,12-13,17H,3-4,6-7H2/t9-,10+,12-,13+. The summed E-state index contributed by atoms with van der Waals surface area (Å²) in [4.78, 5) is -0.535. The Bertz CT molecular complexity index is 676. The first kappa shape index (κ1) is 13.6. The van der Waals surface area contributed by atoms with E-state index in [-0.39, 0.29) is 12.1 Å². The van der Waals surface area contributed by atoms with Crippen LogP contribution in [0.1, 0.15) is 12.8 Å². The van der Waals surface area contributed by atoms with Crippen molar-refractivity contribution in [2.24, 2.45) is 11.8 Å².